The largest absolute Gasteiger partial charge is 0.480 e. The minimum absolute atomic E-state index is 0.177. The predicted molar refractivity (Wildman–Crippen MR) is 114 cm³/mol. The molecule has 148 valence electrons. The lowest BCUT2D eigenvalue weighted by atomic mass is 10.1. The number of carboxylic acid groups (broad SMARTS) is 1. The van der Waals surface area contributed by atoms with Gasteiger partial charge in [0.05, 0.1) is 11.3 Å². The fraction of sp³-hybridized carbons (Fsp3) is 0.0500. The molecule has 0 fully saturated rings. The van der Waals surface area contributed by atoms with Crippen LogP contribution in [0, 0.1) is 0 Å². The van der Waals surface area contributed by atoms with E-state index in [1.807, 2.05) is 24.3 Å². The molecule has 30 heavy (non-hydrogen) atoms. The van der Waals surface area contributed by atoms with Crippen LogP contribution < -0.4 is 15.0 Å². The number of carbonyl (C=O) groups is 2. The Labute approximate surface area is 180 Å². The number of amides is 1. The first-order valence-corrected chi connectivity index (χ1v) is 10.4. The van der Waals surface area contributed by atoms with Crippen molar-refractivity contribution in [2.24, 2.45) is 0 Å². The van der Waals surface area contributed by atoms with Gasteiger partial charge in [0.1, 0.15) is 11.1 Å². The van der Waals surface area contributed by atoms with Gasteiger partial charge in [-0.15, -0.1) is 5.10 Å². The monoisotopic (exact) mass is 482 g/mol. The summed E-state index contributed by atoms with van der Waals surface area (Å²) in [6.07, 6.45) is 0. The zero-order valence-electron chi connectivity index (χ0n) is 15.1. The Hall–Kier alpha value is -3.37. The highest BCUT2D eigenvalue weighted by Crippen LogP contribution is 2.35. The van der Waals surface area contributed by atoms with Gasteiger partial charge < -0.3 is 5.11 Å². The van der Waals surface area contributed by atoms with Crippen molar-refractivity contribution < 1.29 is 14.7 Å². The smallest absolute Gasteiger partial charge is 0.323 e. The summed E-state index contributed by atoms with van der Waals surface area (Å²) in [5.41, 5.74) is 1.45. The first kappa shape index (κ1) is 18.6. The Bertz CT molecular complexity index is 1480. The van der Waals surface area contributed by atoms with E-state index in [0.29, 0.717) is 22.0 Å². The van der Waals surface area contributed by atoms with Crippen LogP contribution in [0.15, 0.2) is 57.8 Å². The van der Waals surface area contributed by atoms with E-state index >= 15 is 0 Å². The number of halogens is 1. The van der Waals surface area contributed by atoms with Crippen molar-refractivity contribution in [2.45, 2.75) is 0 Å². The molecular weight excluding hydrogens is 472 g/mol. The molecule has 1 aliphatic heterocycles. The number of rotatable bonds is 3. The number of hydrogen-bond acceptors (Lipinski definition) is 6. The SMILES string of the molecule is O=C(O)CN1C(=O)/C(=c2/sc3nc(-c4ccccc4Br)nn3c2=O)c2ccccc21. The van der Waals surface area contributed by atoms with E-state index in [1.54, 1.807) is 24.3 Å². The summed E-state index contributed by atoms with van der Waals surface area (Å²) in [6.45, 7) is -0.486. The fourth-order valence-electron chi connectivity index (χ4n) is 3.43. The Morgan fingerprint density at radius 3 is 2.47 bits per heavy atom. The van der Waals surface area contributed by atoms with Gasteiger partial charge in [0.25, 0.3) is 11.5 Å². The lowest BCUT2D eigenvalue weighted by Gasteiger charge is -2.13. The molecule has 4 aromatic rings. The average molecular weight is 483 g/mol. The van der Waals surface area contributed by atoms with Crippen LogP contribution >= 0.6 is 27.3 Å². The van der Waals surface area contributed by atoms with Gasteiger partial charge in [-0.3, -0.25) is 19.3 Å². The number of aliphatic carboxylic acids is 1. The topological polar surface area (TPSA) is 105 Å². The molecule has 1 aliphatic rings. The molecule has 2 aromatic carbocycles. The summed E-state index contributed by atoms with van der Waals surface area (Å²) < 4.78 is 2.17. The van der Waals surface area contributed by atoms with Gasteiger partial charge in [-0.1, -0.05) is 57.6 Å². The molecular formula is C20H11BrN4O4S. The van der Waals surface area contributed by atoms with Crippen molar-refractivity contribution in [3.8, 4) is 11.4 Å². The lowest BCUT2D eigenvalue weighted by molar-refractivity contribution is -0.136. The molecule has 0 spiro atoms. The number of carboxylic acids is 1. The Morgan fingerprint density at radius 2 is 1.77 bits per heavy atom. The van der Waals surface area contributed by atoms with Crippen LogP contribution in [0.4, 0.5) is 5.69 Å². The van der Waals surface area contributed by atoms with Gasteiger partial charge in [-0.2, -0.15) is 9.50 Å². The standard InChI is InChI=1S/C20H11BrN4O4S/c21-12-7-3-1-5-10(12)17-22-20-25(23-17)19(29)16(30-20)15-11-6-2-4-8-13(11)24(18(15)28)9-14(26)27/h1-8H,9H2,(H,26,27)/b16-15+. The van der Waals surface area contributed by atoms with Gasteiger partial charge in [0.15, 0.2) is 5.82 Å². The van der Waals surface area contributed by atoms with Crippen LogP contribution in [0.2, 0.25) is 0 Å². The molecule has 0 radical (unpaired) electrons. The Kier molecular flexibility index (Phi) is 4.26. The molecule has 5 rings (SSSR count). The molecule has 1 N–H and O–H groups in total. The summed E-state index contributed by atoms with van der Waals surface area (Å²) in [4.78, 5) is 43.3. The van der Waals surface area contributed by atoms with Crippen molar-refractivity contribution >= 4 is 55.4 Å². The zero-order chi connectivity index (χ0) is 21.0. The van der Waals surface area contributed by atoms with Crippen LogP contribution in [0.25, 0.3) is 21.9 Å². The highest BCUT2D eigenvalue weighted by Gasteiger charge is 2.35. The third kappa shape index (κ3) is 2.76. The highest BCUT2D eigenvalue weighted by atomic mass is 79.9. The second kappa shape index (κ2) is 6.85. The number of fused-ring (bicyclic) bond motifs is 2. The number of anilines is 1. The summed E-state index contributed by atoms with van der Waals surface area (Å²) in [6, 6.07) is 14.2. The quantitative estimate of drug-likeness (QED) is 0.478. The van der Waals surface area contributed by atoms with Crippen molar-refractivity contribution in [1.29, 1.82) is 0 Å². The maximum Gasteiger partial charge on any atom is 0.323 e. The fourth-order valence-corrected chi connectivity index (χ4v) is 4.89. The second-order valence-corrected chi connectivity index (χ2v) is 8.36. The normalized spacial score (nSPS) is 15.1. The maximum absolute atomic E-state index is 13.1. The molecule has 0 atom stereocenters. The molecule has 0 bridgehead atoms. The van der Waals surface area contributed by atoms with Gasteiger partial charge in [0, 0.05) is 15.6 Å². The van der Waals surface area contributed by atoms with Gasteiger partial charge in [-0.25, -0.2) is 0 Å². The summed E-state index contributed by atoms with van der Waals surface area (Å²) in [7, 11) is 0. The summed E-state index contributed by atoms with van der Waals surface area (Å²) in [5.74, 6) is -1.26. The predicted octanol–water partition coefficient (Wildman–Crippen LogP) is 1.93. The van der Waals surface area contributed by atoms with Crippen LogP contribution in [-0.2, 0) is 9.59 Å². The van der Waals surface area contributed by atoms with Crippen LogP contribution in [0.3, 0.4) is 0 Å². The highest BCUT2D eigenvalue weighted by molar-refractivity contribution is 9.10. The van der Waals surface area contributed by atoms with Crippen LogP contribution in [-0.4, -0.2) is 38.1 Å². The number of benzene rings is 2. The molecule has 0 unspecified atom stereocenters. The van der Waals surface area contributed by atoms with Gasteiger partial charge in [-0.05, 0) is 18.2 Å². The maximum atomic E-state index is 13.1. The molecule has 10 heteroatoms. The van der Waals surface area contributed by atoms with Crippen molar-refractivity contribution in [3.05, 3.63) is 73.5 Å². The number of hydrogen-bond donors (Lipinski definition) is 1. The minimum atomic E-state index is -1.14. The van der Waals surface area contributed by atoms with Gasteiger partial charge >= 0.3 is 5.97 Å². The van der Waals surface area contributed by atoms with Gasteiger partial charge in [0.2, 0.25) is 4.96 Å². The summed E-state index contributed by atoms with van der Waals surface area (Å²) in [5, 5.41) is 13.5. The number of nitrogens with zero attached hydrogens (tertiary/aromatic N) is 4. The Balaban J connectivity index is 1.73. The van der Waals surface area contributed by atoms with Crippen LogP contribution in [0.5, 0.6) is 0 Å². The third-order valence-corrected chi connectivity index (χ3v) is 6.44. The first-order chi connectivity index (χ1) is 14.5. The van der Waals surface area contributed by atoms with Crippen molar-refractivity contribution in [3.63, 3.8) is 0 Å². The molecule has 0 saturated carbocycles. The van der Waals surface area contributed by atoms with Crippen molar-refractivity contribution in [2.75, 3.05) is 11.4 Å². The lowest BCUT2D eigenvalue weighted by Crippen LogP contribution is -2.35. The molecule has 0 aliphatic carbocycles. The molecule has 2 aromatic heterocycles. The van der Waals surface area contributed by atoms with E-state index in [0.717, 1.165) is 26.3 Å². The molecule has 0 saturated heterocycles. The number of thiazole rings is 1. The molecule has 8 nitrogen and oxygen atoms in total. The number of carbonyl (C=O) groups excluding carboxylic acids is 1. The Morgan fingerprint density at radius 1 is 1.07 bits per heavy atom. The van der Waals surface area contributed by atoms with E-state index in [4.69, 9.17) is 0 Å². The summed E-state index contributed by atoms with van der Waals surface area (Å²) >= 11 is 4.51. The van der Waals surface area contributed by atoms with E-state index in [1.165, 1.54) is 4.52 Å². The van der Waals surface area contributed by atoms with Crippen molar-refractivity contribution in [1.82, 2.24) is 14.6 Å². The molecule has 3 heterocycles. The zero-order valence-corrected chi connectivity index (χ0v) is 17.5. The van der Waals surface area contributed by atoms with E-state index in [2.05, 4.69) is 26.0 Å². The van der Waals surface area contributed by atoms with E-state index in [-0.39, 0.29) is 10.1 Å². The number of aromatic nitrogens is 3. The third-order valence-electron chi connectivity index (χ3n) is 4.72. The minimum Gasteiger partial charge on any atom is -0.480 e. The van der Waals surface area contributed by atoms with E-state index < -0.39 is 24.0 Å². The average Bonchev–Trinajstić information content (AvgIpc) is 3.34. The van der Waals surface area contributed by atoms with E-state index in [9.17, 15) is 19.5 Å². The number of para-hydroxylation sites is 1. The second-order valence-electron chi connectivity index (χ2n) is 6.52. The molecule has 1 amide bonds. The first-order valence-electron chi connectivity index (χ1n) is 8.77. The van der Waals surface area contributed by atoms with Crippen LogP contribution in [0.1, 0.15) is 5.56 Å².